The minimum absolute atomic E-state index is 0.325. The average molecular weight is 378 g/mol. The predicted molar refractivity (Wildman–Crippen MR) is 123 cm³/mol. The summed E-state index contributed by atoms with van der Waals surface area (Å²) in [4.78, 5) is 0. The molecule has 156 valence electrons. The van der Waals surface area contributed by atoms with E-state index in [9.17, 15) is 0 Å². The van der Waals surface area contributed by atoms with E-state index in [4.69, 9.17) is 14.7 Å². The summed E-state index contributed by atoms with van der Waals surface area (Å²) in [6.45, 7) is 25.5. The number of nitrogens with one attached hydrogen (secondary N) is 2. The minimum Gasteiger partial charge on any atom is -0.398 e. The Labute approximate surface area is 169 Å². The Kier molecular flexibility index (Phi) is 18.5. The quantitative estimate of drug-likeness (QED) is 0.328. The summed E-state index contributed by atoms with van der Waals surface area (Å²) in [7, 11) is -0.364. The van der Waals surface area contributed by atoms with Gasteiger partial charge in [-0.15, -0.1) is 0 Å². The molecule has 1 aliphatic heterocycles. The molecule has 1 aliphatic rings. The molecule has 0 saturated carbocycles. The first-order chi connectivity index (χ1) is 12.6. The van der Waals surface area contributed by atoms with Crippen molar-refractivity contribution in [3.8, 4) is 0 Å². The Bertz CT molecular complexity index is 477. The van der Waals surface area contributed by atoms with Gasteiger partial charge in [0.15, 0.2) is 0 Å². The zero-order chi connectivity index (χ0) is 22.1. The lowest BCUT2D eigenvalue weighted by Crippen LogP contribution is -2.41. The molecule has 0 radical (unpaired) electrons. The summed E-state index contributed by atoms with van der Waals surface area (Å²) < 4.78 is 12.1. The molecule has 0 atom stereocenters. The third kappa shape index (κ3) is 11.7. The van der Waals surface area contributed by atoms with Crippen LogP contribution in [0.15, 0.2) is 48.3 Å². The Balaban J connectivity index is -0.000000725. The van der Waals surface area contributed by atoms with Gasteiger partial charge in [0.2, 0.25) is 0 Å². The molecule has 27 heavy (non-hydrogen) atoms. The van der Waals surface area contributed by atoms with Crippen LogP contribution < -0.4 is 5.32 Å². The van der Waals surface area contributed by atoms with E-state index in [0.29, 0.717) is 0 Å². The fourth-order valence-corrected chi connectivity index (χ4v) is 1.79. The topological polar surface area (TPSA) is 54.3 Å². The summed E-state index contributed by atoms with van der Waals surface area (Å²) in [5.74, 6) is 0. The first-order valence-corrected chi connectivity index (χ1v) is 9.85. The number of allylic oxidation sites excluding steroid dienone is 6. The van der Waals surface area contributed by atoms with E-state index >= 15 is 0 Å². The smallest absolute Gasteiger partial charge is 0.398 e. The van der Waals surface area contributed by atoms with Gasteiger partial charge < -0.3 is 20.0 Å². The van der Waals surface area contributed by atoms with E-state index in [1.54, 1.807) is 13.0 Å². The Morgan fingerprint density at radius 2 is 1.37 bits per heavy atom. The van der Waals surface area contributed by atoms with Crippen LogP contribution in [0.25, 0.3) is 0 Å². The van der Waals surface area contributed by atoms with Gasteiger partial charge in [-0.05, 0) is 60.8 Å². The third-order valence-electron chi connectivity index (χ3n) is 3.75. The highest BCUT2D eigenvalue weighted by molar-refractivity contribution is 6.54. The zero-order valence-corrected chi connectivity index (χ0v) is 19.6. The molecule has 5 heteroatoms. The van der Waals surface area contributed by atoms with Crippen molar-refractivity contribution in [3.05, 3.63) is 48.3 Å². The Morgan fingerprint density at radius 1 is 0.963 bits per heavy atom. The molecule has 0 aliphatic carbocycles. The lowest BCUT2D eigenvalue weighted by atomic mass is 9.84. The summed E-state index contributed by atoms with van der Waals surface area (Å²) in [6, 6.07) is 0. The van der Waals surface area contributed by atoms with E-state index in [2.05, 4.69) is 39.6 Å². The standard InChI is InChI=1S/C16H26BNO2.C2H5N.2C2H6/c1-8-10-11-12-13(3)18-14(9-2)17-19-15(4,5)16(6,7)20-17;1-2-3;2*1-2/h8-12,18H,1H2,2-7H3;2-3H,1H3;2*1-2H3/b11-10-,13-12+,14-9-;;;. The van der Waals surface area contributed by atoms with Crippen molar-refractivity contribution in [2.24, 2.45) is 0 Å². The minimum atomic E-state index is -0.364. The van der Waals surface area contributed by atoms with Crippen LogP contribution in [0.4, 0.5) is 0 Å². The van der Waals surface area contributed by atoms with Crippen molar-refractivity contribution in [1.29, 1.82) is 5.41 Å². The molecular formula is C22H43BN2O2. The van der Waals surface area contributed by atoms with Gasteiger partial charge in [-0.1, -0.05) is 58.6 Å². The van der Waals surface area contributed by atoms with Gasteiger partial charge in [-0.25, -0.2) is 0 Å². The largest absolute Gasteiger partial charge is 0.511 e. The molecule has 0 aromatic rings. The van der Waals surface area contributed by atoms with Crippen LogP contribution in [-0.2, 0) is 9.31 Å². The first kappa shape index (κ1) is 30.2. The monoisotopic (exact) mass is 378 g/mol. The average Bonchev–Trinajstić information content (AvgIpc) is 2.85. The van der Waals surface area contributed by atoms with Crippen LogP contribution in [0.2, 0.25) is 0 Å². The van der Waals surface area contributed by atoms with Gasteiger partial charge in [-0.3, -0.25) is 0 Å². The molecule has 0 unspecified atom stereocenters. The summed E-state index contributed by atoms with van der Waals surface area (Å²) in [5, 5.41) is 9.41. The molecule has 1 heterocycles. The Morgan fingerprint density at radius 3 is 1.70 bits per heavy atom. The number of hydrogen-bond acceptors (Lipinski definition) is 4. The molecule has 4 nitrogen and oxygen atoms in total. The fraction of sp³-hybridized carbons (Fsp3) is 0.591. The second-order valence-electron chi connectivity index (χ2n) is 6.22. The van der Waals surface area contributed by atoms with Crippen LogP contribution >= 0.6 is 0 Å². The highest BCUT2D eigenvalue weighted by atomic mass is 16.7. The van der Waals surface area contributed by atoms with Gasteiger partial charge in [0, 0.05) is 11.3 Å². The van der Waals surface area contributed by atoms with E-state index in [-0.39, 0.29) is 18.3 Å². The van der Waals surface area contributed by atoms with E-state index in [0.717, 1.165) is 11.3 Å². The molecule has 1 saturated heterocycles. The van der Waals surface area contributed by atoms with Gasteiger partial charge in [0.1, 0.15) is 0 Å². The maximum Gasteiger partial charge on any atom is 0.511 e. The first-order valence-electron chi connectivity index (χ1n) is 9.85. The van der Waals surface area contributed by atoms with E-state index < -0.39 is 0 Å². The van der Waals surface area contributed by atoms with Gasteiger partial charge in [-0.2, -0.15) is 0 Å². The van der Waals surface area contributed by atoms with E-state index in [1.807, 2.05) is 65.8 Å². The molecule has 2 N–H and O–H groups in total. The molecule has 1 rings (SSSR count). The second kappa shape index (κ2) is 16.6. The number of rotatable bonds is 5. The van der Waals surface area contributed by atoms with Crippen LogP contribution in [-0.4, -0.2) is 24.5 Å². The van der Waals surface area contributed by atoms with Gasteiger partial charge >= 0.3 is 7.12 Å². The summed E-state index contributed by atoms with van der Waals surface area (Å²) in [6.07, 6.45) is 10.8. The molecule has 0 amide bonds. The summed E-state index contributed by atoms with van der Waals surface area (Å²) in [5.41, 5.74) is 1.29. The molecule has 0 aromatic carbocycles. The Hall–Kier alpha value is -1.59. The molecule has 0 aromatic heterocycles. The van der Waals surface area contributed by atoms with Crippen molar-refractivity contribution in [1.82, 2.24) is 5.32 Å². The van der Waals surface area contributed by atoms with Crippen molar-refractivity contribution < 1.29 is 9.31 Å². The maximum atomic E-state index is 6.08. The lowest BCUT2D eigenvalue weighted by Gasteiger charge is -2.32. The van der Waals surface area contributed by atoms with E-state index in [1.165, 1.54) is 6.21 Å². The summed E-state index contributed by atoms with van der Waals surface area (Å²) >= 11 is 0. The second-order valence-corrected chi connectivity index (χ2v) is 6.22. The molecular weight excluding hydrogens is 335 g/mol. The zero-order valence-electron chi connectivity index (χ0n) is 19.6. The SMILES string of the molecule is C=C/C=C\C=C(/C)N/C(=C\C)B1OC(C)(C)C(C)(C)O1.CC.CC.CC=N. The van der Waals surface area contributed by atoms with Crippen molar-refractivity contribution in [3.63, 3.8) is 0 Å². The normalized spacial score (nSPS) is 17.5. The van der Waals surface area contributed by atoms with Crippen molar-refractivity contribution in [2.75, 3.05) is 0 Å². The van der Waals surface area contributed by atoms with Gasteiger partial charge in [0.05, 0.1) is 11.2 Å². The van der Waals surface area contributed by atoms with Gasteiger partial charge in [0.25, 0.3) is 0 Å². The molecule has 0 spiro atoms. The highest BCUT2D eigenvalue weighted by Gasteiger charge is 2.52. The lowest BCUT2D eigenvalue weighted by molar-refractivity contribution is 0.00578. The van der Waals surface area contributed by atoms with Crippen LogP contribution in [0.1, 0.15) is 76.2 Å². The van der Waals surface area contributed by atoms with Crippen LogP contribution in [0.3, 0.4) is 0 Å². The fourth-order valence-electron chi connectivity index (χ4n) is 1.79. The predicted octanol–water partition coefficient (Wildman–Crippen LogP) is 6.47. The highest BCUT2D eigenvalue weighted by Crippen LogP contribution is 2.38. The van der Waals surface area contributed by atoms with Crippen molar-refractivity contribution in [2.45, 2.75) is 87.4 Å². The van der Waals surface area contributed by atoms with Crippen LogP contribution in [0, 0.1) is 5.41 Å². The van der Waals surface area contributed by atoms with Crippen molar-refractivity contribution >= 4 is 13.3 Å². The molecule has 1 fully saturated rings. The third-order valence-corrected chi connectivity index (χ3v) is 3.75. The maximum absolute atomic E-state index is 6.08. The van der Waals surface area contributed by atoms with Crippen LogP contribution in [0.5, 0.6) is 0 Å². The number of hydrogen-bond donors (Lipinski definition) is 2. The molecule has 0 bridgehead atoms.